The number of para-hydroxylation sites is 1. The maximum absolute atomic E-state index is 4.86. The normalized spacial score (nSPS) is 15.9. The molecular weight excluding hydrogens is 346 g/mol. The molecule has 3 aromatic rings. The number of aryl methyl sites for hydroxylation is 2. The van der Waals surface area contributed by atoms with Gasteiger partial charge in [0.1, 0.15) is 0 Å². The summed E-state index contributed by atoms with van der Waals surface area (Å²) >= 11 is 0. The average Bonchev–Trinajstić information content (AvgIpc) is 3.04. The molecule has 1 aliphatic rings. The van der Waals surface area contributed by atoms with Crippen molar-refractivity contribution >= 4 is 16.6 Å². The fourth-order valence-corrected chi connectivity index (χ4v) is 4.41. The van der Waals surface area contributed by atoms with Crippen LogP contribution in [0.25, 0.3) is 10.9 Å². The number of fused-ring (bicyclic) bond motifs is 1. The maximum Gasteiger partial charge on any atom is 0.0726 e. The highest BCUT2D eigenvalue weighted by Gasteiger charge is 2.21. The molecule has 0 spiro atoms. The first-order valence-corrected chi connectivity index (χ1v) is 10.6. The van der Waals surface area contributed by atoms with E-state index < -0.39 is 0 Å². The fourth-order valence-electron chi connectivity index (χ4n) is 4.41. The largest absolute Gasteiger partial charge is 0.369 e. The number of anilines is 1. The van der Waals surface area contributed by atoms with E-state index in [0.29, 0.717) is 0 Å². The smallest absolute Gasteiger partial charge is 0.0726 e. The van der Waals surface area contributed by atoms with Crippen LogP contribution < -0.4 is 4.90 Å². The van der Waals surface area contributed by atoms with Gasteiger partial charge in [-0.2, -0.15) is 5.10 Å². The predicted molar refractivity (Wildman–Crippen MR) is 116 cm³/mol. The second-order valence-corrected chi connectivity index (χ2v) is 7.72. The highest BCUT2D eigenvalue weighted by molar-refractivity contribution is 5.94. The van der Waals surface area contributed by atoms with Gasteiger partial charge in [0.25, 0.3) is 0 Å². The molecule has 3 heterocycles. The number of pyridine rings is 1. The molecule has 0 N–H and O–H groups in total. The van der Waals surface area contributed by atoms with Crippen molar-refractivity contribution in [2.24, 2.45) is 0 Å². The zero-order valence-electron chi connectivity index (χ0n) is 17.4. The summed E-state index contributed by atoms with van der Waals surface area (Å²) in [7, 11) is 0. The van der Waals surface area contributed by atoms with Crippen LogP contribution >= 0.6 is 0 Å². The minimum absolute atomic E-state index is 0.933. The molecule has 0 saturated carbocycles. The van der Waals surface area contributed by atoms with Gasteiger partial charge in [0.2, 0.25) is 0 Å². The Morgan fingerprint density at radius 3 is 2.68 bits per heavy atom. The Morgan fingerprint density at radius 2 is 1.89 bits per heavy atom. The lowest BCUT2D eigenvalue weighted by Crippen LogP contribution is -2.31. The molecule has 0 aliphatic carbocycles. The summed E-state index contributed by atoms with van der Waals surface area (Å²) in [5, 5.41) is 5.72. The van der Waals surface area contributed by atoms with Crippen molar-refractivity contribution in [2.75, 3.05) is 31.1 Å². The van der Waals surface area contributed by atoms with Crippen molar-refractivity contribution in [3.63, 3.8) is 0 Å². The van der Waals surface area contributed by atoms with Crippen molar-refractivity contribution in [1.82, 2.24) is 19.7 Å². The number of hydrogen-bond donors (Lipinski definition) is 0. The van der Waals surface area contributed by atoms with Gasteiger partial charge in [-0.1, -0.05) is 25.1 Å². The summed E-state index contributed by atoms with van der Waals surface area (Å²) in [6, 6.07) is 8.60. The van der Waals surface area contributed by atoms with Gasteiger partial charge >= 0.3 is 0 Å². The Hall–Kier alpha value is -2.40. The van der Waals surface area contributed by atoms with Crippen LogP contribution in [-0.2, 0) is 19.5 Å². The summed E-state index contributed by atoms with van der Waals surface area (Å²) in [4.78, 5) is 10.0. The Morgan fingerprint density at radius 1 is 1.04 bits per heavy atom. The molecule has 5 heteroatoms. The highest BCUT2D eigenvalue weighted by Crippen LogP contribution is 2.33. The highest BCUT2D eigenvalue weighted by atomic mass is 15.3. The lowest BCUT2D eigenvalue weighted by Gasteiger charge is -2.28. The standard InChI is InChI=1S/C23H31N5/c1-4-20-18(3)25-22-10-7-6-9-21(22)23(20)27-12-8-11-26(13-14-27)16-19-15-24-28(5-2)17-19/h6-7,9-10,15,17H,4-5,8,11-14,16H2,1-3H3. The van der Waals surface area contributed by atoms with Crippen molar-refractivity contribution in [3.05, 3.63) is 53.5 Å². The number of hydrogen-bond acceptors (Lipinski definition) is 4. The minimum Gasteiger partial charge on any atom is -0.369 e. The van der Waals surface area contributed by atoms with Gasteiger partial charge in [-0.05, 0) is 38.3 Å². The molecule has 0 atom stereocenters. The van der Waals surface area contributed by atoms with Crippen molar-refractivity contribution in [1.29, 1.82) is 0 Å². The van der Waals surface area contributed by atoms with Gasteiger partial charge in [-0.25, -0.2) is 0 Å². The number of benzene rings is 1. The summed E-state index contributed by atoms with van der Waals surface area (Å²) in [5.41, 5.74) is 6.40. The zero-order chi connectivity index (χ0) is 19.5. The molecule has 1 saturated heterocycles. The molecule has 4 rings (SSSR count). The molecule has 1 aliphatic heterocycles. The second kappa shape index (κ2) is 8.31. The third-order valence-electron chi connectivity index (χ3n) is 5.85. The Bertz CT molecular complexity index is 945. The molecular formula is C23H31N5. The van der Waals surface area contributed by atoms with E-state index in [4.69, 9.17) is 4.98 Å². The second-order valence-electron chi connectivity index (χ2n) is 7.72. The van der Waals surface area contributed by atoms with Crippen LogP contribution in [0, 0.1) is 6.92 Å². The van der Waals surface area contributed by atoms with Crippen molar-refractivity contribution in [2.45, 2.75) is 46.7 Å². The number of aromatic nitrogens is 3. The van der Waals surface area contributed by atoms with E-state index in [-0.39, 0.29) is 0 Å². The van der Waals surface area contributed by atoms with Gasteiger partial charge in [-0.3, -0.25) is 14.6 Å². The molecule has 2 aromatic heterocycles. The molecule has 148 valence electrons. The lowest BCUT2D eigenvalue weighted by molar-refractivity contribution is 0.285. The summed E-state index contributed by atoms with van der Waals surface area (Å²) in [5.74, 6) is 0. The van der Waals surface area contributed by atoms with Crippen molar-refractivity contribution < 1.29 is 0 Å². The van der Waals surface area contributed by atoms with Gasteiger partial charge in [0.15, 0.2) is 0 Å². The molecule has 1 fully saturated rings. The van der Waals surface area contributed by atoms with Crippen LogP contribution in [0.3, 0.4) is 0 Å². The first kappa shape index (κ1) is 18.9. The molecule has 1 aromatic carbocycles. The molecule has 0 unspecified atom stereocenters. The van der Waals surface area contributed by atoms with E-state index in [1.807, 2.05) is 10.9 Å². The Labute approximate surface area is 168 Å². The zero-order valence-corrected chi connectivity index (χ0v) is 17.4. The lowest BCUT2D eigenvalue weighted by atomic mass is 10.0. The van der Waals surface area contributed by atoms with Gasteiger partial charge in [-0.15, -0.1) is 0 Å². The van der Waals surface area contributed by atoms with Crippen LogP contribution in [0.2, 0.25) is 0 Å². The van der Waals surface area contributed by atoms with Gasteiger partial charge in [0, 0.05) is 62.1 Å². The van der Waals surface area contributed by atoms with E-state index >= 15 is 0 Å². The maximum atomic E-state index is 4.86. The predicted octanol–water partition coefficient (Wildman–Crippen LogP) is 4.03. The fraction of sp³-hybridized carbons (Fsp3) is 0.478. The third kappa shape index (κ3) is 3.76. The Balaban J connectivity index is 1.57. The van der Waals surface area contributed by atoms with Gasteiger partial charge in [0.05, 0.1) is 17.4 Å². The Kier molecular flexibility index (Phi) is 5.62. The van der Waals surface area contributed by atoms with E-state index in [2.05, 4.69) is 66.1 Å². The van der Waals surface area contributed by atoms with E-state index in [1.165, 1.54) is 34.3 Å². The first-order valence-electron chi connectivity index (χ1n) is 10.6. The molecule has 0 radical (unpaired) electrons. The quantitative estimate of drug-likeness (QED) is 0.673. The summed E-state index contributed by atoms with van der Waals surface area (Å²) in [6.07, 6.45) is 6.40. The van der Waals surface area contributed by atoms with Crippen LogP contribution in [0.1, 0.15) is 37.1 Å². The average molecular weight is 378 g/mol. The SMILES string of the molecule is CCc1c(C)nc2ccccc2c1N1CCCN(Cc2cnn(CC)c2)CC1. The number of rotatable bonds is 5. The van der Waals surface area contributed by atoms with Crippen LogP contribution in [-0.4, -0.2) is 45.8 Å². The number of nitrogens with zero attached hydrogens (tertiary/aromatic N) is 5. The molecule has 0 bridgehead atoms. The van der Waals surface area contributed by atoms with E-state index in [9.17, 15) is 0 Å². The minimum atomic E-state index is 0.933. The third-order valence-corrected chi connectivity index (χ3v) is 5.85. The van der Waals surface area contributed by atoms with E-state index in [0.717, 1.165) is 51.2 Å². The molecule has 28 heavy (non-hydrogen) atoms. The molecule has 5 nitrogen and oxygen atoms in total. The first-order chi connectivity index (χ1) is 13.7. The van der Waals surface area contributed by atoms with Crippen LogP contribution in [0.15, 0.2) is 36.7 Å². The van der Waals surface area contributed by atoms with Crippen LogP contribution in [0.4, 0.5) is 5.69 Å². The topological polar surface area (TPSA) is 37.2 Å². The van der Waals surface area contributed by atoms with E-state index in [1.54, 1.807) is 0 Å². The molecule has 0 amide bonds. The van der Waals surface area contributed by atoms with Gasteiger partial charge < -0.3 is 4.90 Å². The van der Waals surface area contributed by atoms with Crippen molar-refractivity contribution in [3.8, 4) is 0 Å². The van der Waals surface area contributed by atoms with Crippen LogP contribution in [0.5, 0.6) is 0 Å². The summed E-state index contributed by atoms with van der Waals surface area (Å²) < 4.78 is 2.01. The monoisotopic (exact) mass is 377 g/mol. The summed E-state index contributed by atoms with van der Waals surface area (Å²) in [6.45, 7) is 12.8.